The highest BCUT2D eigenvalue weighted by molar-refractivity contribution is 14.1. The molecule has 4 rings (SSSR count). The smallest absolute Gasteiger partial charge is 0.343 e. The number of hydrogen-bond acceptors (Lipinski definition) is 4. The van der Waals surface area contributed by atoms with Crippen LogP contribution in [-0.2, 0) is 16.1 Å². The minimum atomic E-state index is -0.381. The quantitative estimate of drug-likeness (QED) is 0.189. The van der Waals surface area contributed by atoms with Crippen LogP contribution in [0.5, 0.6) is 11.5 Å². The molecule has 1 aliphatic rings. The lowest BCUT2D eigenvalue weighted by Crippen LogP contribution is -2.01. The van der Waals surface area contributed by atoms with Crippen LogP contribution < -0.4 is 9.47 Å². The fraction of sp³-hybridized carbons (Fsp3) is 0.115. The lowest BCUT2D eigenvalue weighted by atomic mass is 10.1. The monoisotopic (exact) mass is 558 g/mol. The van der Waals surface area contributed by atoms with Crippen molar-refractivity contribution in [2.24, 2.45) is 0 Å². The lowest BCUT2D eigenvalue weighted by molar-refractivity contribution is -0.130. The molecule has 0 fully saturated rings. The summed E-state index contributed by atoms with van der Waals surface area (Å²) >= 11 is 8.43. The van der Waals surface area contributed by atoms with Crippen LogP contribution in [0.1, 0.15) is 22.3 Å². The zero-order chi connectivity index (χ0) is 22.7. The predicted octanol–water partition coefficient (Wildman–Crippen LogP) is 6.82. The van der Waals surface area contributed by atoms with Crippen LogP contribution in [0.4, 0.5) is 0 Å². The van der Waals surface area contributed by atoms with Crippen LogP contribution in [0.25, 0.3) is 11.8 Å². The van der Waals surface area contributed by atoms with E-state index in [1.54, 1.807) is 19.3 Å². The van der Waals surface area contributed by atoms with Gasteiger partial charge in [-0.2, -0.15) is 0 Å². The Bertz CT molecular complexity index is 1230. The van der Waals surface area contributed by atoms with Crippen LogP contribution in [0.2, 0.25) is 5.02 Å². The molecule has 162 valence electrons. The van der Waals surface area contributed by atoms with E-state index in [4.69, 9.17) is 25.8 Å². The molecule has 32 heavy (non-hydrogen) atoms. The first-order valence-corrected chi connectivity index (χ1v) is 11.4. The number of cyclic esters (lactones) is 1. The van der Waals surface area contributed by atoms with Gasteiger partial charge in [0.25, 0.3) is 0 Å². The minimum Gasteiger partial charge on any atom is -0.493 e. The van der Waals surface area contributed by atoms with Gasteiger partial charge in [0, 0.05) is 16.1 Å². The van der Waals surface area contributed by atoms with Crippen molar-refractivity contribution in [3.8, 4) is 11.5 Å². The fourth-order valence-electron chi connectivity index (χ4n) is 3.26. The summed E-state index contributed by atoms with van der Waals surface area (Å²) in [6.45, 7) is 2.34. The number of esters is 1. The molecule has 6 heteroatoms. The zero-order valence-corrected chi connectivity index (χ0v) is 20.4. The third-order valence-corrected chi connectivity index (χ3v) is 6.13. The van der Waals surface area contributed by atoms with Crippen molar-refractivity contribution in [1.29, 1.82) is 0 Å². The second kappa shape index (κ2) is 9.79. The van der Waals surface area contributed by atoms with E-state index >= 15 is 0 Å². The maximum atomic E-state index is 12.4. The summed E-state index contributed by atoms with van der Waals surface area (Å²) in [6.07, 6.45) is 3.54. The number of aryl methyl sites for hydroxylation is 1. The fourth-order valence-corrected chi connectivity index (χ4v) is 4.23. The van der Waals surface area contributed by atoms with E-state index < -0.39 is 0 Å². The number of ether oxygens (including phenoxy) is 3. The van der Waals surface area contributed by atoms with E-state index in [1.165, 1.54) is 0 Å². The maximum Gasteiger partial charge on any atom is 0.343 e. The van der Waals surface area contributed by atoms with Crippen LogP contribution in [-0.4, -0.2) is 13.1 Å². The van der Waals surface area contributed by atoms with Crippen molar-refractivity contribution >= 4 is 52.0 Å². The van der Waals surface area contributed by atoms with Crippen molar-refractivity contribution in [3.63, 3.8) is 0 Å². The van der Waals surface area contributed by atoms with E-state index in [0.29, 0.717) is 34.5 Å². The van der Waals surface area contributed by atoms with Gasteiger partial charge in [0.15, 0.2) is 11.5 Å². The van der Waals surface area contributed by atoms with Crippen LogP contribution in [0.15, 0.2) is 72.3 Å². The van der Waals surface area contributed by atoms with Crippen molar-refractivity contribution in [2.45, 2.75) is 13.5 Å². The number of halogens is 2. The van der Waals surface area contributed by atoms with Gasteiger partial charge in [-0.1, -0.05) is 59.6 Å². The summed E-state index contributed by atoms with van der Waals surface area (Å²) in [5, 5.41) is 0.652. The zero-order valence-electron chi connectivity index (χ0n) is 17.5. The van der Waals surface area contributed by atoms with E-state index in [9.17, 15) is 4.79 Å². The SMILES string of the molecule is COc1cc(/C=C2\C=C(c3ccc(C)cc3)OC2=O)cc(I)c1OCc1ccccc1Cl. The molecule has 0 amide bonds. The Kier molecular flexibility index (Phi) is 6.86. The first kappa shape index (κ1) is 22.4. The molecule has 0 aromatic heterocycles. The van der Waals surface area contributed by atoms with Gasteiger partial charge in [-0.3, -0.25) is 0 Å². The van der Waals surface area contributed by atoms with Gasteiger partial charge in [-0.05, 0) is 65.4 Å². The summed E-state index contributed by atoms with van der Waals surface area (Å²) in [5.74, 6) is 1.36. The average molecular weight is 559 g/mol. The van der Waals surface area contributed by atoms with E-state index in [-0.39, 0.29) is 5.97 Å². The third-order valence-electron chi connectivity index (χ3n) is 4.96. The molecule has 0 saturated carbocycles. The van der Waals surface area contributed by atoms with E-state index in [2.05, 4.69) is 22.6 Å². The molecule has 0 bridgehead atoms. The van der Waals surface area contributed by atoms with Gasteiger partial charge in [0.05, 0.1) is 16.3 Å². The Labute approximate surface area is 205 Å². The second-order valence-corrected chi connectivity index (χ2v) is 8.85. The number of carbonyl (C=O) groups is 1. The van der Waals surface area contributed by atoms with Gasteiger partial charge in [0.1, 0.15) is 12.4 Å². The third kappa shape index (κ3) is 5.00. The summed E-state index contributed by atoms with van der Waals surface area (Å²) in [5.41, 5.74) is 4.18. The Morgan fingerprint density at radius 2 is 1.84 bits per heavy atom. The highest BCUT2D eigenvalue weighted by atomic mass is 127. The number of methoxy groups -OCH3 is 1. The summed E-state index contributed by atoms with van der Waals surface area (Å²) in [4.78, 5) is 12.4. The van der Waals surface area contributed by atoms with Crippen LogP contribution in [0, 0.1) is 10.5 Å². The molecule has 0 N–H and O–H groups in total. The highest BCUT2D eigenvalue weighted by Gasteiger charge is 2.22. The standard InChI is InChI=1S/C26H20ClIO4/c1-16-7-9-18(10-8-16)23-14-20(26(29)32-23)11-17-12-22(28)25(24(13-17)30-2)31-15-19-5-3-4-6-21(19)27/h3-14H,15H2,1-2H3/b20-11+. The number of carbonyl (C=O) groups excluding carboxylic acids is 1. The van der Waals surface area contributed by atoms with Gasteiger partial charge in [-0.15, -0.1) is 0 Å². The van der Waals surface area contributed by atoms with Gasteiger partial charge in [-0.25, -0.2) is 4.79 Å². The van der Waals surface area contributed by atoms with Gasteiger partial charge >= 0.3 is 5.97 Å². The molecular weight excluding hydrogens is 539 g/mol. The molecule has 0 spiro atoms. The molecule has 0 radical (unpaired) electrons. The Balaban J connectivity index is 1.59. The Morgan fingerprint density at radius 3 is 2.56 bits per heavy atom. The molecular formula is C26H20ClIO4. The van der Waals surface area contributed by atoms with Crippen molar-refractivity contribution in [2.75, 3.05) is 7.11 Å². The predicted molar refractivity (Wildman–Crippen MR) is 135 cm³/mol. The van der Waals surface area contributed by atoms with E-state index in [1.807, 2.05) is 67.6 Å². The second-order valence-electron chi connectivity index (χ2n) is 7.28. The minimum absolute atomic E-state index is 0.321. The maximum absolute atomic E-state index is 12.4. The van der Waals surface area contributed by atoms with Crippen LogP contribution >= 0.6 is 34.2 Å². The first-order chi connectivity index (χ1) is 15.4. The number of hydrogen-bond donors (Lipinski definition) is 0. The summed E-state index contributed by atoms with van der Waals surface area (Å²) in [6, 6.07) is 19.2. The van der Waals surface area contributed by atoms with E-state index in [0.717, 1.165) is 25.8 Å². The van der Waals surface area contributed by atoms with Crippen LogP contribution in [0.3, 0.4) is 0 Å². The van der Waals surface area contributed by atoms with Gasteiger partial charge < -0.3 is 14.2 Å². The summed E-state index contributed by atoms with van der Waals surface area (Å²) < 4.78 is 17.9. The summed E-state index contributed by atoms with van der Waals surface area (Å²) in [7, 11) is 1.59. The largest absolute Gasteiger partial charge is 0.493 e. The molecule has 0 saturated heterocycles. The van der Waals surface area contributed by atoms with Crippen molar-refractivity contribution < 1.29 is 19.0 Å². The molecule has 3 aromatic rings. The molecule has 0 atom stereocenters. The van der Waals surface area contributed by atoms with Crippen molar-refractivity contribution in [1.82, 2.24) is 0 Å². The molecule has 4 nitrogen and oxygen atoms in total. The lowest BCUT2D eigenvalue weighted by Gasteiger charge is -2.14. The van der Waals surface area contributed by atoms with Gasteiger partial charge in [0.2, 0.25) is 0 Å². The number of benzene rings is 3. The Hall–Kier alpha value is -2.77. The Morgan fingerprint density at radius 1 is 1.09 bits per heavy atom. The van der Waals surface area contributed by atoms with Crippen molar-refractivity contribution in [3.05, 3.63) is 103 Å². The molecule has 3 aromatic carbocycles. The average Bonchev–Trinajstić information content (AvgIpc) is 3.14. The first-order valence-electron chi connectivity index (χ1n) is 9.91. The highest BCUT2D eigenvalue weighted by Crippen LogP contribution is 2.36. The molecule has 1 heterocycles. The number of rotatable bonds is 6. The normalized spacial score (nSPS) is 14.3. The topological polar surface area (TPSA) is 44.8 Å². The molecule has 0 aliphatic carbocycles. The molecule has 0 unspecified atom stereocenters. The molecule has 1 aliphatic heterocycles.